The van der Waals surface area contributed by atoms with Crippen molar-refractivity contribution in [1.29, 1.82) is 0 Å². The van der Waals surface area contributed by atoms with E-state index in [2.05, 4.69) is 31.9 Å². The molecule has 0 spiro atoms. The lowest BCUT2D eigenvalue weighted by atomic mass is 10.0. The first kappa shape index (κ1) is 15.1. The Labute approximate surface area is 123 Å². The van der Waals surface area contributed by atoms with E-state index in [1.54, 1.807) is 6.07 Å². The summed E-state index contributed by atoms with van der Waals surface area (Å²) in [5.41, 5.74) is 7.13. The summed E-state index contributed by atoms with van der Waals surface area (Å²) >= 11 is 6.78. The molecular weight excluding hydrogens is 373 g/mol. The summed E-state index contributed by atoms with van der Waals surface area (Å²) in [6.07, 6.45) is 2.35. The van der Waals surface area contributed by atoms with E-state index in [9.17, 15) is 5.11 Å². The van der Waals surface area contributed by atoms with Gasteiger partial charge in [-0.1, -0.05) is 0 Å². The van der Waals surface area contributed by atoms with E-state index in [0.717, 1.165) is 10.0 Å². The Hall–Kier alpha value is 0.0300. The summed E-state index contributed by atoms with van der Waals surface area (Å²) in [5, 5.41) is 9.80. The summed E-state index contributed by atoms with van der Waals surface area (Å²) < 4.78 is 6.52. The van der Waals surface area contributed by atoms with Crippen LogP contribution in [-0.4, -0.2) is 12.2 Å². The lowest BCUT2D eigenvalue weighted by Crippen LogP contribution is -2.13. The Balaban J connectivity index is 0.00000144. The zero-order valence-corrected chi connectivity index (χ0v) is 13.2. The molecule has 17 heavy (non-hydrogen) atoms. The molecule has 96 valence electrons. The zero-order valence-electron chi connectivity index (χ0n) is 9.24. The van der Waals surface area contributed by atoms with Crippen molar-refractivity contribution in [2.45, 2.75) is 18.9 Å². The third-order valence-corrected chi connectivity index (χ3v) is 5.04. The first-order valence-corrected chi connectivity index (χ1v) is 6.65. The lowest BCUT2D eigenvalue weighted by molar-refractivity contribution is 0.370. The van der Waals surface area contributed by atoms with Gasteiger partial charge in [0.25, 0.3) is 0 Å². The third kappa shape index (κ3) is 2.89. The molecular formula is C11H14Br2ClNO2. The highest BCUT2D eigenvalue weighted by Gasteiger charge is 2.32. The average Bonchev–Trinajstić information content (AvgIpc) is 3.09. The number of halogens is 3. The molecule has 2 rings (SSSR count). The maximum absolute atomic E-state index is 9.80. The molecule has 0 heterocycles. The number of aromatic hydroxyl groups is 1. The van der Waals surface area contributed by atoms with Crippen LogP contribution in [0, 0.1) is 5.92 Å². The number of nitrogens with two attached hydrogens (primary N) is 1. The standard InChI is InChI=1S/C11H13Br2NO2.ClH/c1-16-7-4-6(10(14)5-2-3-5)8(12)9(13)11(7)15;/h4-5,10,15H,2-3,14H2,1H3;1H/t10-;/m1./s1. The summed E-state index contributed by atoms with van der Waals surface area (Å²) in [4.78, 5) is 0. The molecule has 1 aromatic carbocycles. The van der Waals surface area contributed by atoms with Crippen LogP contribution in [0.2, 0.25) is 0 Å². The molecule has 1 aromatic rings. The average molecular weight is 387 g/mol. The Morgan fingerprint density at radius 2 is 2.00 bits per heavy atom. The van der Waals surface area contributed by atoms with E-state index in [1.807, 2.05) is 0 Å². The van der Waals surface area contributed by atoms with Gasteiger partial charge in [0.05, 0.1) is 11.6 Å². The predicted molar refractivity (Wildman–Crippen MR) is 77.0 cm³/mol. The second-order valence-corrected chi connectivity index (χ2v) is 5.59. The third-order valence-electron chi connectivity index (χ3n) is 2.88. The highest BCUT2D eigenvalue weighted by atomic mass is 79.9. The number of hydrogen-bond donors (Lipinski definition) is 2. The molecule has 0 aliphatic heterocycles. The van der Waals surface area contributed by atoms with E-state index < -0.39 is 0 Å². The fraction of sp³-hybridized carbons (Fsp3) is 0.455. The van der Waals surface area contributed by atoms with Gasteiger partial charge < -0.3 is 15.6 Å². The fourth-order valence-electron chi connectivity index (χ4n) is 1.72. The largest absolute Gasteiger partial charge is 0.503 e. The van der Waals surface area contributed by atoms with Gasteiger partial charge in [0, 0.05) is 10.5 Å². The number of phenolic OH excluding ortho intramolecular Hbond substituents is 1. The van der Waals surface area contributed by atoms with Crippen molar-refractivity contribution in [1.82, 2.24) is 0 Å². The summed E-state index contributed by atoms with van der Waals surface area (Å²) in [6.45, 7) is 0. The molecule has 0 amide bonds. The molecule has 3 N–H and O–H groups in total. The zero-order chi connectivity index (χ0) is 11.9. The normalized spacial score (nSPS) is 16.2. The van der Waals surface area contributed by atoms with Crippen molar-refractivity contribution in [2.24, 2.45) is 11.7 Å². The second kappa shape index (κ2) is 5.78. The second-order valence-electron chi connectivity index (χ2n) is 4.01. The minimum Gasteiger partial charge on any atom is -0.503 e. The molecule has 0 aromatic heterocycles. The maximum Gasteiger partial charge on any atom is 0.173 e. The number of benzene rings is 1. The van der Waals surface area contributed by atoms with Gasteiger partial charge >= 0.3 is 0 Å². The number of ether oxygens (including phenoxy) is 1. The van der Waals surface area contributed by atoms with Crippen LogP contribution >= 0.6 is 44.3 Å². The molecule has 1 atom stereocenters. The summed E-state index contributed by atoms with van der Waals surface area (Å²) in [6, 6.07) is 1.80. The van der Waals surface area contributed by atoms with Crippen molar-refractivity contribution in [2.75, 3.05) is 7.11 Å². The van der Waals surface area contributed by atoms with Gasteiger partial charge in [-0.05, 0) is 62.2 Å². The monoisotopic (exact) mass is 385 g/mol. The van der Waals surface area contributed by atoms with Gasteiger partial charge in [0.1, 0.15) is 0 Å². The van der Waals surface area contributed by atoms with Crippen LogP contribution in [0.3, 0.4) is 0 Å². The van der Waals surface area contributed by atoms with Crippen LogP contribution in [-0.2, 0) is 0 Å². The minimum atomic E-state index is 0. The molecule has 3 nitrogen and oxygen atoms in total. The van der Waals surface area contributed by atoms with Gasteiger partial charge in [-0.15, -0.1) is 12.4 Å². The topological polar surface area (TPSA) is 55.5 Å². The lowest BCUT2D eigenvalue weighted by Gasteiger charge is -2.17. The van der Waals surface area contributed by atoms with Gasteiger partial charge in [-0.2, -0.15) is 0 Å². The van der Waals surface area contributed by atoms with Crippen molar-refractivity contribution in [3.8, 4) is 11.5 Å². The van der Waals surface area contributed by atoms with Crippen LogP contribution in [0.15, 0.2) is 15.0 Å². The summed E-state index contributed by atoms with van der Waals surface area (Å²) in [7, 11) is 1.53. The molecule has 1 saturated carbocycles. The molecule has 0 radical (unpaired) electrons. The van der Waals surface area contributed by atoms with E-state index in [1.165, 1.54) is 20.0 Å². The van der Waals surface area contributed by atoms with Crippen LogP contribution in [0.1, 0.15) is 24.4 Å². The van der Waals surface area contributed by atoms with Crippen molar-refractivity contribution < 1.29 is 9.84 Å². The van der Waals surface area contributed by atoms with Crippen molar-refractivity contribution >= 4 is 44.3 Å². The van der Waals surface area contributed by atoms with Gasteiger partial charge in [0.2, 0.25) is 0 Å². The van der Waals surface area contributed by atoms with E-state index in [-0.39, 0.29) is 24.2 Å². The van der Waals surface area contributed by atoms with Crippen LogP contribution in [0.5, 0.6) is 11.5 Å². The SMILES string of the molecule is COc1cc([C@H](N)C2CC2)c(Br)c(Br)c1O.Cl. The summed E-state index contributed by atoms with van der Waals surface area (Å²) in [5.74, 6) is 1.10. The Morgan fingerprint density at radius 3 is 2.47 bits per heavy atom. The molecule has 1 aliphatic rings. The Kier molecular flexibility index (Phi) is 5.13. The van der Waals surface area contributed by atoms with Gasteiger partial charge in [0.15, 0.2) is 11.5 Å². The number of hydrogen-bond acceptors (Lipinski definition) is 3. The molecule has 6 heteroatoms. The molecule has 0 unspecified atom stereocenters. The van der Waals surface area contributed by atoms with Crippen LogP contribution in [0.25, 0.3) is 0 Å². The van der Waals surface area contributed by atoms with Crippen LogP contribution in [0.4, 0.5) is 0 Å². The van der Waals surface area contributed by atoms with Gasteiger partial charge in [-0.3, -0.25) is 0 Å². The smallest absolute Gasteiger partial charge is 0.173 e. The quantitative estimate of drug-likeness (QED) is 0.830. The number of methoxy groups -OCH3 is 1. The Bertz CT molecular complexity index is 424. The van der Waals surface area contributed by atoms with E-state index in [0.29, 0.717) is 16.1 Å². The van der Waals surface area contributed by atoms with Crippen molar-refractivity contribution in [3.63, 3.8) is 0 Å². The van der Waals surface area contributed by atoms with Gasteiger partial charge in [-0.25, -0.2) is 0 Å². The fourth-order valence-corrected chi connectivity index (χ4v) is 2.71. The van der Waals surface area contributed by atoms with E-state index in [4.69, 9.17) is 10.5 Å². The first-order valence-electron chi connectivity index (χ1n) is 5.06. The molecule has 1 fully saturated rings. The number of phenols is 1. The number of rotatable bonds is 3. The highest BCUT2D eigenvalue weighted by molar-refractivity contribution is 9.13. The first-order chi connectivity index (χ1) is 7.56. The highest BCUT2D eigenvalue weighted by Crippen LogP contribution is 2.47. The van der Waals surface area contributed by atoms with Crippen molar-refractivity contribution in [3.05, 3.63) is 20.6 Å². The minimum absolute atomic E-state index is 0. The maximum atomic E-state index is 9.80. The predicted octanol–water partition coefficient (Wildman–Crippen LogP) is 3.76. The van der Waals surface area contributed by atoms with Crippen LogP contribution < -0.4 is 10.5 Å². The van der Waals surface area contributed by atoms with E-state index >= 15 is 0 Å². The molecule has 0 bridgehead atoms. The molecule has 0 saturated heterocycles. The molecule has 1 aliphatic carbocycles. The Morgan fingerprint density at radius 1 is 1.41 bits per heavy atom.